The molecule has 0 heterocycles. The average molecular weight is 384 g/mol. The highest BCUT2D eigenvalue weighted by atomic mass is 19.4. The lowest BCUT2D eigenvalue weighted by atomic mass is 10.2. The molecule has 0 unspecified atom stereocenters. The van der Waals surface area contributed by atoms with Crippen LogP contribution in [-0.4, -0.2) is 34.2 Å². The minimum Gasteiger partial charge on any atom is -0.289 e. The summed E-state index contributed by atoms with van der Waals surface area (Å²) in [6, 6.07) is 6.68. The number of para-hydroxylation sites is 2. The van der Waals surface area contributed by atoms with Crippen LogP contribution in [0, 0.1) is 21.4 Å². The van der Waals surface area contributed by atoms with Crippen LogP contribution in [0.15, 0.2) is 34.5 Å². The first-order chi connectivity index (χ1) is 12.6. The van der Waals surface area contributed by atoms with Crippen LogP contribution in [0.4, 0.5) is 24.5 Å². The summed E-state index contributed by atoms with van der Waals surface area (Å²) in [5, 5.41) is 26.4. The van der Waals surface area contributed by atoms with E-state index in [1.807, 2.05) is 0 Å². The fraction of sp³-hybridized carbons (Fsp3) is 0.214. The van der Waals surface area contributed by atoms with Crippen molar-refractivity contribution < 1.29 is 27.7 Å². The predicted molar refractivity (Wildman–Crippen MR) is 86.7 cm³/mol. The Bertz CT molecular complexity index is 857. The lowest BCUT2D eigenvalue weighted by Gasteiger charge is -2.05. The largest absolute Gasteiger partial charge is 0.450 e. The van der Waals surface area contributed by atoms with Gasteiger partial charge in [0.25, 0.3) is 5.69 Å². The first-order valence-electron chi connectivity index (χ1n) is 6.97. The van der Waals surface area contributed by atoms with Crippen LogP contribution in [-0.2, 0) is 9.59 Å². The second kappa shape index (κ2) is 9.04. The molecule has 0 fully saturated rings. The van der Waals surface area contributed by atoms with Gasteiger partial charge in [-0.3, -0.25) is 25.1 Å². The zero-order valence-electron chi connectivity index (χ0n) is 13.6. The number of Topliss-reactive ketones (excluding diaryl/α,β-unsaturated/α-hetero) is 1. The molecule has 0 spiro atoms. The topological polar surface area (TPSA) is 150 Å². The van der Waals surface area contributed by atoms with Crippen molar-refractivity contribution in [1.82, 2.24) is 5.43 Å². The van der Waals surface area contributed by atoms with Crippen molar-refractivity contribution in [3.8, 4) is 6.07 Å². The van der Waals surface area contributed by atoms with Crippen molar-refractivity contribution in [1.29, 1.82) is 5.26 Å². The van der Waals surface area contributed by atoms with Gasteiger partial charge in [-0.15, -0.1) is 0 Å². The van der Waals surface area contributed by atoms with Gasteiger partial charge in [-0.25, -0.2) is 5.43 Å². The van der Waals surface area contributed by atoms with Crippen molar-refractivity contribution in [3.63, 3.8) is 0 Å². The second-order valence-electron chi connectivity index (χ2n) is 4.84. The molecule has 13 heteroatoms. The SMILES string of the molecule is CC(CC(=O)C(F)(F)F)=NNC(=O)C(C#N)=NNc1ccccc1[N+](=O)[O-]. The fourth-order valence-electron chi connectivity index (χ4n) is 1.54. The molecule has 2 N–H and O–H groups in total. The first-order valence-corrected chi connectivity index (χ1v) is 6.97. The Kier molecular flexibility index (Phi) is 7.10. The highest BCUT2D eigenvalue weighted by molar-refractivity contribution is 6.45. The molecule has 0 saturated carbocycles. The van der Waals surface area contributed by atoms with Crippen LogP contribution >= 0.6 is 0 Å². The number of alkyl halides is 3. The van der Waals surface area contributed by atoms with Gasteiger partial charge >= 0.3 is 12.1 Å². The van der Waals surface area contributed by atoms with E-state index in [9.17, 15) is 32.9 Å². The number of nitro benzene ring substituents is 1. The number of nitrogens with zero attached hydrogens (tertiary/aromatic N) is 4. The van der Waals surface area contributed by atoms with E-state index in [4.69, 9.17) is 5.26 Å². The summed E-state index contributed by atoms with van der Waals surface area (Å²) in [4.78, 5) is 32.7. The highest BCUT2D eigenvalue weighted by Gasteiger charge is 2.38. The maximum Gasteiger partial charge on any atom is 0.450 e. The van der Waals surface area contributed by atoms with Gasteiger partial charge in [-0.1, -0.05) is 12.1 Å². The van der Waals surface area contributed by atoms with E-state index in [-0.39, 0.29) is 17.1 Å². The number of halogens is 3. The normalized spacial score (nSPS) is 12.1. The number of carbonyl (C=O) groups excluding carboxylic acids is 2. The summed E-state index contributed by atoms with van der Waals surface area (Å²) in [5.41, 5.74) is 2.33. The standard InChI is InChI=1S/C14H11F3N6O4/c1-8(6-12(24)14(15,16)17)19-22-13(25)10(7-18)21-20-9-4-2-3-5-11(9)23(26)27/h2-5,20H,6H2,1H3,(H,22,25). The first kappa shape index (κ1) is 21.2. The van der Waals surface area contributed by atoms with Gasteiger partial charge in [-0.2, -0.15) is 28.6 Å². The Morgan fingerprint density at radius 3 is 2.48 bits per heavy atom. The number of hydrazone groups is 2. The van der Waals surface area contributed by atoms with Crippen molar-refractivity contribution >= 4 is 34.5 Å². The number of nitrogens with one attached hydrogen (secondary N) is 2. The molecular weight excluding hydrogens is 373 g/mol. The van der Waals surface area contributed by atoms with Crippen LogP contribution < -0.4 is 10.9 Å². The van der Waals surface area contributed by atoms with Gasteiger partial charge in [-0.05, 0) is 13.0 Å². The van der Waals surface area contributed by atoms with Gasteiger partial charge in [0.05, 0.1) is 11.3 Å². The molecule has 0 bridgehead atoms. The van der Waals surface area contributed by atoms with E-state index in [1.54, 1.807) is 5.43 Å². The molecule has 1 aromatic rings. The molecule has 142 valence electrons. The molecule has 27 heavy (non-hydrogen) atoms. The summed E-state index contributed by atoms with van der Waals surface area (Å²) in [5.74, 6) is -3.24. The number of benzene rings is 1. The van der Waals surface area contributed by atoms with E-state index >= 15 is 0 Å². The van der Waals surface area contributed by atoms with Crippen molar-refractivity contribution in [3.05, 3.63) is 34.4 Å². The maximum absolute atomic E-state index is 12.1. The van der Waals surface area contributed by atoms with E-state index in [0.29, 0.717) is 0 Å². The number of hydrogen-bond donors (Lipinski definition) is 2. The third-order valence-electron chi connectivity index (χ3n) is 2.79. The van der Waals surface area contributed by atoms with Crippen molar-refractivity contribution in [2.45, 2.75) is 19.5 Å². The minimum absolute atomic E-state index is 0.0986. The number of rotatable bonds is 7. The summed E-state index contributed by atoms with van der Waals surface area (Å²) in [6.07, 6.45) is -6.11. The van der Waals surface area contributed by atoms with Crippen LogP contribution in [0.5, 0.6) is 0 Å². The molecule has 1 amide bonds. The van der Waals surface area contributed by atoms with Crippen LogP contribution in [0.2, 0.25) is 0 Å². The molecule has 0 aliphatic carbocycles. The molecule has 0 radical (unpaired) electrons. The molecule has 10 nitrogen and oxygen atoms in total. The van der Waals surface area contributed by atoms with Crippen LogP contribution in [0.1, 0.15) is 13.3 Å². The number of hydrogen-bond acceptors (Lipinski definition) is 8. The molecule has 0 saturated heterocycles. The minimum atomic E-state index is -5.03. The van der Waals surface area contributed by atoms with E-state index in [2.05, 4.69) is 15.6 Å². The van der Waals surface area contributed by atoms with E-state index in [1.165, 1.54) is 24.3 Å². The lowest BCUT2D eigenvalue weighted by molar-refractivity contribution is -0.384. The Morgan fingerprint density at radius 2 is 1.93 bits per heavy atom. The quantitative estimate of drug-likeness (QED) is 0.416. The molecule has 0 aliphatic rings. The Labute approximate surface area is 149 Å². The Balaban J connectivity index is 2.82. The molecular formula is C14H11F3N6O4. The van der Waals surface area contributed by atoms with Crippen LogP contribution in [0.25, 0.3) is 0 Å². The second-order valence-corrected chi connectivity index (χ2v) is 4.84. The molecule has 1 rings (SSSR count). The van der Waals surface area contributed by atoms with Gasteiger partial charge in [0.15, 0.2) is 0 Å². The number of nitriles is 1. The number of carbonyl (C=O) groups is 2. The molecule has 0 aliphatic heterocycles. The predicted octanol–water partition coefficient (Wildman–Crippen LogP) is 1.90. The van der Waals surface area contributed by atoms with Gasteiger partial charge in [0, 0.05) is 11.8 Å². The van der Waals surface area contributed by atoms with Gasteiger partial charge < -0.3 is 0 Å². The number of amides is 1. The third-order valence-corrected chi connectivity index (χ3v) is 2.79. The maximum atomic E-state index is 12.1. The third kappa shape index (κ3) is 6.53. The van der Waals surface area contributed by atoms with Gasteiger partial charge in [0.2, 0.25) is 11.5 Å². The zero-order chi connectivity index (χ0) is 20.6. The Morgan fingerprint density at radius 1 is 1.30 bits per heavy atom. The highest BCUT2D eigenvalue weighted by Crippen LogP contribution is 2.23. The van der Waals surface area contributed by atoms with E-state index in [0.717, 1.165) is 13.0 Å². The number of ketones is 1. The molecule has 1 aromatic carbocycles. The monoisotopic (exact) mass is 384 g/mol. The zero-order valence-corrected chi connectivity index (χ0v) is 13.6. The summed E-state index contributed by atoms with van der Waals surface area (Å²) in [7, 11) is 0. The summed E-state index contributed by atoms with van der Waals surface area (Å²) in [6.45, 7) is 1.07. The number of nitro groups is 1. The van der Waals surface area contributed by atoms with E-state index < -0.39 is 34.9 Å². The molecule has 0 atom stereocenters. The summed E-state index contributed by atoms with van der Waals surface area (Å²) < 4.78 is 36.4. The Hall–Kier alpha value is -3.82. The van der Waals surface area contributed by atoms with Crippen LogP contribution in [0.3, 0.4) is 0 Å². The number of anilines is 1. The summed E-state index contributed by atoms with van der Waals surface area (Å²) >= 11 is 0. The lowest BCUT2D eigenvalue weighted by Crippen LogP contribution is -2.29. The fourth-order valence-corrected chi connectivity index (χ4v) is 1.54. The van der Waals surface area contributed by atoms with Crippen molar-refractivity contribution in [2.75, 3.05) is 5.43 Å². The van der Waals surface area contributed by atoms with Gasteiger partial charge in [0.1, 0.15) is 11.8 Å². The smallest absolute Gasteiger partial charge is 0.289 e. The molecule has 0 aromatic heterocycles. The van der Waals surface area contributed by atoms with Crippen molar-refractivity contribution in [2.24, 2.45) is 10.2 Å². The average Bonchev–Trinajstić information content (AvgIpc) is 2.59.